The van der Waals surface area contributed by atoms with Gasteiger partial charge in [-0.15, -0.1) is 0 Å². The SMILES string of the molecule is CC(C)C1C(=O)N(Cc2ccccc2)SN1C. The van der Waals surface area contributed by atoms with Gasteiger partial charge in [-0.2, -0.15) is 0 Å². The van der Waals surface area contributed by atoms with Crippen molar-refractivity contribution in [3.05, 3.63) is 35.9 Å². The predicted molar refractivity (Wildman–Crippen MR) is 71.0 cm³/mol. The summed E-state index contributed by atoms with van der Waals surface area (Å²) in [4.78, 5) is 12.2. The van der Waals surface area contributed by atoms with Gasteiger partial charge in [-0.05, 0) is 11.5 Å². The third-order valence-electron chi connectivity index (χ3n) is 2.92. The lowest BCUT2D eigenvalue weighted by atomic mass is 10.0. The molecule has 1 aromatic carbocycles. The van der Waals surface area contributed by atoms with Gasteiger partial charge in [-0.3, -0.25) is 9.10 Å². The zero-order chi connectivity index (χ0) is 12.4. The fraction of sp³-hybridized carbons (Fsp3) is 0.462. The third kappa shape index (κ3) is 2.64. The van der Waals surface area contributed by atoms with Gasteiger partial charge in [0.05, 0.1) is 6.54 Å². The van der Waals surface area contributed by atoms with E-state index in [9.17, 15) is 4.79 Å². The van der Waals surface area contributed by atoms with Crippen molar-refractivity contribution in [1.82, 2.24) is 8.61 Å². The molecule has 4 heteroatoms. The van der Waals surface area contributed by atoms with E-state index >= 15 is 0 Å². The van der Waals surface area contributed by atoms with E-state index in [2.05, 4.69) is 30.3 Å². The highest BCUT2D eigenvalue weighted by molar-refractivity contribution is 7.95. The van der Waals surface area contributed by atoms with Crippen molar-refractivity contribution in [2.75, 3.05) is 7.05 Å². The maximum absolute atomic E-state index is 12.2. The molecular formula is C13H18N2OS. The first kappa shape index (κ1) is 12.5. The van der Waals surface area contributed by atoms with E-state index in [-0.39, 0.29) is 11.9 Å². The molecule has 2 rings (SSSR count). The molecule has 0 saturated carbocycles. The van der Waals surface area contributed by atoms with Gasteiger partial charge in [-0.25, -0.2) is 4.31 Å². The van der Waals surface area contributed by atoms with Crippen LogP contribution in [0, 0.1) is 5.92 Å². The van der Waals surface area contributed by atoms with Gasteiger partial charge in [0.25, 0.3) is 5.91 Å². The molecule has 0 aliphatic carbocycles. The number of hydrogen-bond acceptors (Lipinski definition) is 3. The van der Waals surface area contributed by atoms with Crippen molar-refractivity contribution in [3.8, 4) is 0 Å². The Bertz CT molecular complexity index is 394. The zero-order valence-electron chi connectivity index (χ0n) is 10.5. The van der Waals surface area contributed by atoms with Crippen molar-refractivity contribution < 1.29 is 4.79 Å². The molecule has 0 aromatic heterocycles. The second-order valence-corrected chi connectivity index (χ2v) is 5.86. The highest BCUT2D eigenvalue weighted by Crippen LogP contribution is 2.32. The summed E-state index contributed by atoms with van der Waals surface area (Å²) in [5.74, 6) is 0.567. The lowest BCUT2D eigenvalue weighted by Crippen LogP contribution is -2.35. The highest BCUT2D eigenvalue weighted by Gasteiger charge is 2.39. The van der Waals surface area contributed by atoms with E-state index in [1.807, 2.05) is 29.6 Å². The first-order chi connectivity index (χ1) is 8.09. The number of likely N-dealkylation sites (N-methyl/N-ethyl adjacent to an activating group) is 1. The minimum absolute atomic E-state index is 0.00344. The number of carbonyl (C=O) groups is 1. The zero-order valence-corrected chi connectivity index (χ0v) is 11.3. The maximum Gasteiger partial charge on any atom is 0.252 e. The Morgan fingerprint density at radius 2 is 1.94 bits per heavy atom. The molecule has 1 atom stereocenters. The van der Waals surface area contributed by atoms with Crippen LogP contribution in [-0.4, -0.2) is 27.6 Å². The van der Waals surface area contributed by atoms with Gasteiger partial charge in [0.15, 0.2) is 0 Å². The van der Waals surface area contributed by atoms with E-state index in [1.54, 1.807) is 0 Å². The molecule has 0 spiro atoms. The number of rotatable bonds is 3. The van der Waals surface area contributed by atoms with Gasteiger partial charge in [0.1, 0.15) is 6.04 Å². The molecule has 1 unspecified atom stereocenters. The van der Waals surface area contributed by atoms with Crippen LogP contribution in [0.4, 0.5) is 0 Å². The Balaban J connectivity index is 2.07. The molecule has 1 saturated heterocycles. The topological polar surface area (TPSA) is 23.6 Å². The maximum atomic E-state index is 12.2. The molecule has 1 heterocycles. The number of carbonyl (C=O) groups excluding carboxylic acids is 1. The molecule has 1 aliphatic rings. The average molecular weight is 250 g/mol. The quantitative estimate of drug-likeness (QED) is 0.770. The van der Waals surface area contributed by atoms with Crippen molar-refractivity contribution in [2.45, 2.75) is 26.4 Å². The van der Waals surface area contributed by atoms with Crippen molar-refractivity contribution in [2.24, 2.45) is 5.92 Å². The summed E-state index contributed by atoms with van der Waals surface area (Å²) in [6.45, 7) is 4.86. The van der Waals surface area contributed by atoms with Crippen LogP contribution in [0.3, 0.4) is 0 Å². The first-order valence-corrected chi connectivity index (χ1v) is 6.59. The van der Waals surface area contributed by atoms with E-state index in [4.69, 9.17) is 0 Å². The molecule has 1 aliphatic heterocycles. The minimum atomic E-state index is 0.00344. The van der Waals surface area contributed by atoms with E-state index < -0.39 is 0 Å². The Kier molecular flexibility index (Phi) is 3.74. The molecule has 1 fully saturated rings. The summed E-state index contributed by atoms with van der Waals surface area (Å²) in [6.07, 6.45) is 0. The predicted octanol–water partition coefficient (Wildman–Crippen LogP) is 2.55. The third-order valence-corrected chi connectivity index (χ3v) is 3.91. The summed E-state index contributed by atoms with van der Waals surface area (Å²) in [7, 11) is 1.98. The molecule has 0 N–H and O–H groups in total. The Labute approximate surface area is 107 Å². The van der Waals surface area contributed by atoms with Gasteiger partial charge in [0.2, 0.25) is 0 Å². The summed E-state index contributed by atoms with van der Waals surface area (Å²) >= 11 is 1.52. The van der Waals surface area contributed by atoms with Crippen LogP contribution >= 0.6 is 12.1 Å². The molecule has 3 nitrogen and oxygen atoms in total. The number of benzene rings is 1. The van der Waals surface area contributed by atoms with E-state index in [0.29, 0.717) is 12.5 Å². The number of nitrogens with zero attached hydrogens (tertiary/aromatic N) is 2. The van der Waals surface area contributed by atoms with Crippen LogP contribution in [0.1, 0.15) is 19.4 Å². The lowest BCUT2D eigenvalue weighted by Gasteiger charge is -2.17. The molecular weight excluding hydrogens is 232 g/mol. The molecule has 1 aromatic rings. The van der Waals surface area contributed by atoms with Gasteiger partial charge in [0, 0.05) is 19.2 Å². The fourth-order valence-corrected chi connectivity index (χ4v) is 3.25. The number of amides is 1. The van der Waals surface area contributed by atoms with Crippen LogP contribution in [0.5, 0.6) is 0 Å². The normalized spacial score (nSPS) is 21.5. The second kappa shape index (κ2) is 5.10. The smallest absolute Gasteiger partial charge is 0.252 e. The van der Waals surface area contributed by atoms with Crippen LogP contribution in [0.2, 0.25) is 0 Å². The van der Waals surface area contributed by atoms with Crippen LogP contribution in [0.15, 0.2) is 30.3 Å². The Hall–Kier alpha value is -1.00. The summed E-state index contributed by atoms with van der Waals surface area (Å²) in [6, 6.07) is 10.1. The number of hydrogen-bond donors (Lipinski definition) is 0. The van der Waals surface area contributed by atoms with Crippen LogP contribution in [-0.2, 0) is 11.3 Å². The van der Waals surface area contributed by atoms with Crippen LogP contribution in [0.25, 0.3) is 0 Å². The lowest BCUT2D eigenvalue weighted by molar-refractivity contribution is -0.129. The van der Waals surface area contributed by atoms with Crippen LogP contribution < -0.4 is 0 Å². The summed E-state index contributed by atoms with van der Waals surface area (Å²) in [5.41, 5.74) is 1.17. The van der Waals surface area contributed by atoms with Crippen molar-refractivity contribution in [1.29, 1.82) is 0 Å². The monoisotopic (exact) mass is 250 g/mol. The van der Waals surface area contributed by atoms with E-state index in [0.717, 1.165) is 0 Å². The Morgan fingerprint density at radius 1 is 1.29 bits per heavy atom. The highest BCUT2D eigenvalue weighted by atomic mass is 32.2. The minimum Gasteiger partial charge on any atom is -0.272 e. The van der Waals surface area contributed by atoms with Gasteiger partial charge < -0.3 is 0 Å². The average Bonchev–Trinajstić information content (AvgIpc) is 2.55. The molecule has 1 amide bonds. The molecule has 0 bridgehead atoms. The molecule has 17 heavy (non-hydrogen) atoms. The largest absolute Gasteiger partial charge is 0.272 e. The summed E-state index contributed by atoms with van der Waals surface area (Å²) in [5, 5.41) is 0. The fourth-order valence-electron chi connectivity index (χ4n) is 2.11. The van der Waals surface area contributed by atoms with Gasteiger partial charge in [-0.1, -0.05) is 44.2 Å². The van der Waals surface area contributed by atoms with Gasteiger partial charge >= 0.3 is 0 Å². The second-order valence-electron chi connectivity index (χ2n) is 4.68. The first-order valence-electron chi connectivity index (χ1n) is 5.86. The Morgan fingerprint density at radius 3 is 2.47 bits per heavy atom. The van der Waals surface area contributed by atoms with E-state index in [1.165, 1.54) is 17.7 Å². The molecule has 92 valence electrons. The van der Waals surface area contributed by atoms with Crippen molar-refractivity contribution in [3.63, 3.8) is 0 Å². The summed E-state index contributed by atoms with van der Waals surface area (Å²) < 4.78 is 3.90. The standard InChI is InChI=1S/C13H18N2OS/c1-10(2)12-13(16)15(17-14(12)3)9-11-7-5-4-6-8-11/h4-8,10,12H,9H2,1-3H3. The molecule has 0 radical (unpaired) electrons. The van der Waals surface area contributed by atoms with Crippen molar-refractivity contribution >= 4 is 18.0 Å².